The number of aromatic nitrogens is 2. The van der Waals surface area contributed by atoms with Gasteiger partial charge >= 0.3 is 0 Å². The van der Waals surface area contributed by atoms with Gasteiger partial charge in [0.15, 0.2) is 0 Å². The van der Waals surface area contributed by atoms with Gasteiger partial charge in [-0.2, -0.15) is 0 Å². The lowest BCUT2D eigenvalue weighted by atomic mass is 10.3. The first-order chi connectivity index (χ1) is 5.25. The largest absolute Gasteiger partial charge is 0.344 e. The molecule has 0 bridgehead atoms. The second kappa shape index (κ2) is 2.34. The van der Waals surface area contributed by atoms with E-state index in [2.05, 4.69) is 32.0 Å². The van der Waals surface area contributed by atoms with Gasteiger partial charge in [0.25, 0.3) is 0 Å². The van der Waals surface area contributed by atoms with Crippen LogP contribution in [0.15, 0.2) is 22.8 Å². The normalized spacial score (nSPS) is 10.7. The predicted molar refractivity (Wildman–Crippen MR) is 48.5 cm³/mol. The van der Waals surface area contributed by atoms with Crippen LogP contribution >= 0.6 is 15.9 Å². The molecule has 0 aromatic carbocycles. The number of aromatic amines is 1. The summed E-state index contributed by atoms with van der Waals surface area (Å²) in [5, 5.41) is 1.16. The molecule has 0 amide bonds. The smallest absolute Gasteiger partial charge is 0.138 e. The molecular weight excluding hydrogens is 204 g/mol. The Kier molecular flexibility index (Phi) is 1.46. The lowest BCUT2D eigenvalue weighted by Crippen LogP contribution is -1.76. The molecule has 0 aliphatic carbocycles. The summed E-state index contributed by atoms with van der Waals surface area (Å²) in [4.78, 5) is 7.42. The standard InChI is InChI=1S/C8H7BrN2/c1-5-4-6-2-3-7(9)11-8(6)10-5/h2-4H,1H3,(H,10,11). The highest BCUT2D eigenvalue weighted by Gasteiger charge is 1.97. The molecule has 0 saturated carbocycles. The van der Waals surface area contributed by atoms with Crippen LogP contribution in [0.2, 0.25) is 0 Å². The molecule has 0 aliphatic heterocycles. The Balaban J connectivity index is 2.82. The number of hydrogen-bond acceptors (Lipinski definition) is 1. The van der Waals surface area contributed by atoms with Crippen LogP contribution in [0.3, 0.4) is 0 Å². The lowest BCUT2D eigenvalue weighted by Gasteiger charge is -1.88. The Morgan fingerprint density at radius 2 is 2.27 bits per heavy atom. The van der Waals surface area contributed by atoms with Crippen LogP contribution in [0.4, 0.5) is 0 Å². The molecule has 0 saturated heterocycles. The van der Waals surface area contributed by atoms with Crippen LogP contribution in [0.25, 0.3) is 11.0 Å². The molecule has 3 heteroatoms. The highest BCUT2D eigenvalue weighted by atomic mass is 79.9. The number of nitrogens with one attached hydrogen (secondary N) is 1. The summed E-state index contributed by atoms with van der Waals surface area (Å²) < 4.78 is 0.867. The number of H-pyrrole nitrogens is 1. The third-order valence-electron chi connectivity index (χ3n) is 1.58. The van der Waals surface area contributed by atoms with Crippen molar-refractivity contribution in [3.8, 4) is 0 Å². The fourth-order valence-electron chi connectivity index (χ4n) is 1.12. The first-order valence-electron chi connectivity index (χ1n) is 3.37. The first-order valence-corrected chi connectivity index (χ1v) is 4.17. The molecule has 2 rings (SSSR count). The highest BCUT2D eigenvalue weighted by Crippen LogP contribution is 2.15. The van der Waals surface area contributed by atoms with Gasteiger partial charge < -0.3 is 4.98 Å². The van der Waals surface area contributed by atoms with E-state index in [1.165, 1.54) is 0 Å². The van der Waals surface area contributed by atoms with E-state index in [0.29, 0.717) is 0 Å². The molecule has 2 heterocycles. The van der Waals surface area contributed by atoms with E-state index >= 15 is 0 Å². The number of pyridine rings is 1. The summed E-state index contributed by atoms with van der Waals surface area (Å²) in [6, 6.07) is 6.06. The second-order valence-corrected chi connectivity index (χ2v) is 3.34. The Morgan fingerprint density at radius 1 is 1.45 bits per heavy atom. The van der Waals surface area contributed by atoms with Crippen LogP contribution in [-0.2, 0) is 0 Å². The maximum Gasteiger partial charge on any atom is 0.138 e. The second-order valence-electron chi connectivity index (χ2n) is 2.52. The number of fused-ring (bicyclic) bond motifs is 1. The Bertz CT molecular complexity index is 392. The topological polar surface area (TPSA) is 28.7 Å². The SMILES string of the molecule is Cc1cc2ccc(Br)nc2[nH]1. The van der Waals surface area contributed by atoms with Crippen molar-refractivity contribution in [3.63, 3.8) is 0 Å². The van der Waals surface area contributed by atoms with Crippen molar-refractivity contribution in [1.82, 2.24) is 9.97 Å². The minimum atomic E-state index is 0.867. The third-order valence-corrected chi connectivity index (χ3v) is 2.02. The number of hydrogen-bond donors (Lipinski definition) is 1. The zero-order valence-electron chi connectivity index (χ0n) is 6.06. The van der Waals surface area contributed by atoms with Gasteiger partial charge in [0.2, 0.25) is 0 Å². The first kappa shape index (κ1) is 6.85. The fraction of sp³-hybridized carbons (Fsp3) is 0.125. The van der Waals surface area contributed by atoms with E-state index in [1.807, 2.05) is 19.1 Å². The summed E-state index contributed by atoms with van der Waals surface area (Å²) in [7, 11) is 0. The highest BCUT2D eigenvalue weighted by molar-refractivity contribution is 9.10. The molecule has 11 heavy (non-hydrogen) atoms. The Labute approximate surface area is 72.8 Å². The van der Waals surface area contributed by atoms with E-state index in [9.17, 15) is 0 Å². The van der Waals surface area contributed by atoms with E-state index in [0.717, 1.165) is 21.3 Å². The number of nitrogens with zero attached hydrogens (tertiary/aromatic N) is 1. The van der Waals surface area contributed by atoms with Crippen molar-refractivity contribution in [2.24, 2.45) is 0 Å². The third kappa shape index (κ3) is 1.16. The maximum atomic E-state index is 4.26. The quantitative estimate of drug-likeness (QED) is 0.666. The Hall–Kier alpha value is -0.830. The van der Waals surface area contributed by atoms with Gasteiger partial charge in [-0.1, -0.05) is 0 Å². The van der Waals surface area contributed by atoms with Crippen molar-refractivity contribution in [1.29, 1.82) is 0 Å². The maximum absolute atomic E-state index is 4.26. The van der Waals surface area contributed by atoms with Crippen molar-refractivity contribution >= 4 is 27.0 Å². The van der Waals surface area contributed by atoms with Crippen molar-refractivity contribution in [3.05, 3.63) is 28.5 Å². The van der Waals surface area contributed by atoms with Gasteiger partial charge in [-0.05, 0) is 41.1 Å². The molecule has 0 fully saturated rings. The fourth-order valence-corrected chi connectivity index (χ4v) is 1.43. The van der Waals surface area contributed by atoms with Crippen molar-refractivity contribution < 1.29 is 0 Å². The summed E-state index contributed by atoms with van der Waals surface area (Å²) >= 11 is 3.31. The van der Waals surface area contributed by atoms with Gasteiger partial charge in [-0.25, -0.2) is 4.98 Å². The van der Waals surface area contributed by atoms with Gasteiger partial charge in [0.05, 0.1) is 0 Å². The molecule has 1 N–H and O–H groups in total. The summed E-state index contributed by atoms with van der Waals surface area (Å²) in [5.74, 6) is 0. The summed E-state index contributed by atoms with van der Waals surface area (Å²) in [6.07, 6.45) is 0. The van der Waals surface area contributed by atoms with Gasteiger partial charge in [-0.3, -0.25) is 0 Å². The van der Waals surface area contributed by atoms with Crippen LogP contribution in [-0.4, -0.2) is 9.97 Å². The van der Waals surface area contributed by atoms with E-state index in [4.69, 9.17) is 0 Å². The van der Waals surface area contributed by atoms with Gasteiger partial charge in [0.1, 0.15) is 10.3 Å². The van der Waals surface area contributed by atoms with Crippen LogP contribution in [0.1, 0.15) is 5.69 Å². The molecule has 56 valence electrons. The monoisotopic (exact) mass is 210 g/mol. The average molecular weight is 211 g/mol. The van der Waals surface area contributed by atoms with Gasteiger partial charge in [0, 0.05) is 11.1 Å². The molecule has 0 atom stereocenters. The van der Waals surface area contributed by atoms with Crippen LogP contribution in [0.5, 0.6) is 0 Å². The number of rotatable bonds is 0. The van der Waals surface area contributed by atoms with Crippen LogP contribution in [0, 0.1) is 6.92 Å². The summed E-state index contributed by atoms with van der Waals surface area (Å²) in [6.45, 7) is 2.02. The zero-order valence-corrected chi connectivity index (χ0v) is 7.64. The zero-order chi connectivity index (χ0) is 7.84. The number of aryl methyl sites for hydroxylation is 1. The van der Waals surface area contributed by atoms with E-state index in [-0.39, 0.29) is 0 Å². The van der Waals surface area contributed by atoms with Crippen LogP contribution < -0.4 is 0 Å². The van der Waals surface area contributed by atoms with Gasteiger partial charge in [-0.15, -0.1) is 0 Å². The van der Waals surface area contributed by atoms with Crippen molar-refractivity contribution in [2.45, 2.75) is 6.92 Å². The number of halogens is 1. The molecule has 0 unspecified atom stereocenters. The molecule has 2 aromatic rings. The average Bonchev–Trinajstić information content (AvgIpc) is 2.27. The van der Waals surface area contributed by atoms with E-state index < -0.39 is 0 Å². The summed E-state index contributed by atoms with van der Waals surface area (Å²) in [5.41, 5.74) is 2.09. The molecule has 2 aromatic heterocycles. The predicted octanol–water partition coefficient (Wildman–Crippen LogP) is 2.63. The van der Waals surface area contributed by atoms with Crippen molar-refractivity contribution in [2.75, 3.05) is 0 Å². The molecule has 0 radical (unpaired) electrons. The lowest BCUT2D eigenvalue weighted by molar-refractivity contribution is 1.23. The minimum Gasteiger partial charge on any atom is -0.344 e. The molecule has 0 aliphatic rings. The molecule has 0 spiro atoms. The minimum absolute atomic E-state index is 0.867. The molecule has 2 nitrogen and oxygen atoms in total. The Morgan fingerprint density at radius 3 is 3.09 bits per heavy atom. The molecular formula is C8H7BrN2. The van der Waals surface area contributed by atoms with E-state index in [1.54, 1.807) is 0 Å².